The number of aromatic nitrogens is 2. The third kappa shape index (κ3) is 2.89. The Bertz CT molecular complexity index is 513. The molecule has 4 nitrogen and oxygen atoms in total. The number of nitrogen functional groups attached to an aromatic ring is 1. The zero-order chi connectivity index (χ0) is 12.3. The highest BCUT2D eigenvalue weighted by molar-refractivity contribution is 8.01. The van der Waals surface area contributed by atoms with Gasteiger partial charge in [0.05, 0.1) is 7.11 Å². The zero-order valence-corrected chi connectivity index (χ0v) is 11.3. The Morgan fingerprint density at radius 2 is 2.29 bits per heavy atom. The first-order valence-corrected chi connectivity index (χ1v) is 6.76. The van der Waals surface area contributed by atoms with Gasteiger partial charge in [-0.25, -0.2) is 4.98 Å². The number of nitrogens with two attached hydrogens (primary N) is 1. The van der Waals surface area contributed by atoms with Crippen LogP contribution in [0.1, 0.15) is 12.7 Å². The first-order chi connectivity index (χ1) is 8.22. The molecule has 0 radical (unpaired) electrons. The molecule has 0 saturated carbocycles. The number of nitrogens with zero attached hydrogens (tertiary/aromatic N) is 2. The molecule has 17 heavy (non-hydrogen) atoms. The Morgan fingerprint density at radius 3 is 2.88 bits per heavy atom. The second-order valence-electron chi connectivity index (χ2n) is 3.34. The van der Waals surface area contributed by atoms with Gasteiger partial charge in [-0.2, -0.15) is 4.37 Å². The predicted octanol–water partition coefficient (Wildman–Crippen LogP) is 2.84. The SMILES string of the molecule is CCc1nsc(Sc2ccc(OC)cc2N)n1. The Morgan fingerprint density at radius 1 is 1.47 bits per heavy atom. The van der Waals surface area contributed by atoms with E-state index in [1.807, 2.05) is 25.1 Å². The molecular formula is C11H13N3OS2. The van der Waals surface area contributed by atoms with Crippen LogP contribution in [0.2, 0.25) is 0 Å². The smallest absolute Gasteiger partial charge is 0.174 e. The minimum absolute atomic E-state index is 0.697. The monoisotopic (exact) mass is 267 g/mol. The average molecular weight is 267 g/mol. The summed E-state index contributed by atoms with van der Waals surface area (Å²) in [5, 5.41) is 0. The molecule has 2 rings (SSSR count). The van der Waals surface area contributed by atoms with Crippen molar-refractivity contribution in [1.82, 2.24) is 9.36 Å². The quantitative estimate of drug-likeness (QED) is 0.863. The molecule has 0 saturated heterocycles. The van der Waals surface area contributed by atoms with Crippen molar-refractivity contribution in [3.8, 4) is 5.75 Å². The van der Waals surface area contributed by atoms with Crippen molar-refractivity contribution in [2.75, 3.05) is 12.8 Å². The van der Waals surface area contributed by atoms with E-state index in [1.165, 1.54) is 23.3 Å². The van der Waals surface area contributed by atoms with Gasteiger partial charge in [0.25, 0.3) is 0 Å². The first-order valence-electron chi connectivity index (χ1n) is 5.17. The molecule has 1 aromatic carbocycles. The molecule has 0 aliphatic heterocycles. The van der Waals surface area contributed by atoms with Gasteiger partial charge in [0.1, 0.15) is 11.6 Å². The largest absolute Gasteiger partial charge is 0.497 e. The van der Waals surface area contributed by atoms with Crippen LogP contribution >= 0.6 is 23.3 Å². The van der Waals surface area contributed by atoms with Crippen LogP contribution in [0.25, 0.3) is 0 Å². The molecule has 0 atom stereocenters. The fourth-order valence-electron chi connectivity index (χ4n) is 1.26. The third-order valence-corrected chi connectivity index (χ3v) is 4.06. The van der Waals surface area contributed by atoms with Gasteiger partial charge in [-0.3, -0.25) is 0 Å². The van der Waals surface area contributed by atoms with Crippen LogP contribution in [0.3, 0.4) is 0 Å². The lowest BCUT2D eigenvalue weighted by atomic mass is 10.3. The fourth-order valence-corrected chi connectivity index (χ4v) is 2.95. The van der Waals surface area contributed by atoms with Crippen LogP contribution in [0, 0.1) is 0 Å². The molecule has 1 heterocycles. The van der Waals surface area contributed by atoms with Gasteiger partial charge in [0, 0.05) is 23.1 Å². The molecular weight excluding hydrogens is 254 g/mol. The van der Waals surface area contributed by atoms with Crippen LogP contribution in [-0.2, 0) is 6.42 Å². The maximum absolute atomic E-state index is 5.94. The highest BCUT2D eigenvalue weighted by Crippen LogP contribution is 2.34. The average Bonchev–Trinajstić information content (AvgIpc) is 2.79. The number of hydrogen-bond acceptors (Lipinski definition) is 6. The summed E-state index contributed by atoms with van der Waals surface area (Å²) in [5.74, 6) is 1.64. The standard InChI is InChI=1S/C11H13N3OS2/c1-3-10-13-11(17-14-10)16-9-5-4-7(15-2)6-8(9)12/h4-6H,3,12H2,1-2H3. The molecule has 0 amide bonds. The molecule has 6 heteroatoms. The molecule has 1 aromatic heterocycles. The molecule has 0 aliphatic carbocycles. The lowest BCUT2D eigenvalue weighted by molar-refractivity contribution is 0.415. The fraction of sp³-hybridized carbons (Fsp3) is 0.273. The highest BCUT2D eigenvalue weighted by atomic mass is 32.2. The van der Waals surface area contributed by atoms with E-state index in [0.29, 0.717) is 5.69 Å². The zero-order valence-electron chi connectivity index (χ0n) is 9.64. The summed E-state index contributed by atoms with van der Waals surface area (Å²) in [6, 6.07) is 5.64. The van der Waals surface area contributed by atoms with E-state index >= 15 is 0 Å². The number of anilines is 1. The molecule has 0 fully saturated rings. The van der Waals surface area contributed by atoms with E-state index in [4.69, 9.17) is 10.5 Å². The molecule has 2 N–H and O–H groups in total. The van der Waals surface area contributed by atoms with Gasteiger partial charge in [-0.05, 0) is 23.7 Å². The molecule has 90 valence electrons. The van der Waals surface area contributed by atoms with Gasteiger partial charge >= 0.3 is 0 Å². The molecule has 0 bridgehead atoms. The van der Waals surface area contributed by atoms with E-state index < -0.39 is 0 Å². The second kappa shape index (κ2) is 5.37. The number of methoxy groups -OCH3 is 1. The topological polar surface area (TPSA) is 61.0 Å². The Hall–Kier alpha value is -1.27. The normalized spacial score (nSPS) is 10.5. The van der Waals surface area contributed by atoms with Crippen molar-refractivity contribution in [2.45, 2.75) is 22.6 Å². The van der Waals surface area contributed by atoms with E-state index in [1.54, 1.807) is 7.11 Å². The Balaban J connectivity index is 2.18. The van der Waals surface area contributed by atoms with Crippen LogP contribution in [0.4, 0.5) is 5.69 Å². The van der Waals surface area contributed by atoms with Crippen molar-refractivity contribution < 1.29 is 4.74 Å². The van der Waals surface area contributed by atoms with Crippen LogP contribution in [0.15, 0.2) is 27.4 Å². The van der Waals surface area contributed by atoms with Crippen molar-refractivity contribution >= 4 is 29.0 Å². The van der Waals surface area contributed by atoms with Gasteiger partial charge in [0.2, 0.25) is 0 Å². The lowest BCUT2D eigenvalue weighted by Crippen LogP contribution is -1.90. The number of aryl methyl sites for hydroxylation is 1. The first kappa shape index (κ1) is 12.2. The summed E-state index contributed by atoms with van der Waals surface area (Å²) in [5.41, 5.74) is 6.64. The van der Waals surface area contributed by atoms with Gasteiger partial charge in [-0.1, -0.05) is 18.7 Å². The second-order valence-corrected chi connectivity index (χ2v) is 5.38. The summed E-state index contributed by atoms with van der Waals surface area (Å²) in [4.78, 5) is 5.37. The van der Waals surface area contributed by atoms with Gasteiger partial charge in [0.15, 0.2) is 4.34 Å². The van der Waals surface area contributed by atoms with Crippen molar-refractivity contribution in [3.63, 3.8) is 0 Å². The molecule has 0 aliphatic rings. The van der Waals surface area contributed by atoms with Crippen LogP contribution in [0.5, 0.6) is 5.75 Å². The van der Waals surface area contributed by atoms with Gasteiger partial charge < -0.3 is 10.5 Å². The Kier molecular flexibility index (Phi) is 3.86. The predicted molar refractivity (Wildman–Crippen MR) is 70.8 cm³/mol. The van der Waals surface area contributed by atoms with Gasteiger partial charge in [-0.15, -0.1) is 0 Å². The Labute approximate surface area is 108 Å². The minimum atomic E-state index is 0.697. The summed E-state index contributed by atoms with van der Waals surface area (Å²) in [7, 11) is 1.62. The van der Waals surface area contributed by atoms with E-state index in [9.17, 15) is 0 Å². The number of hydrogen-bond donors (Lipinski definition) is 1. The maximum Gasteiger partial charge on any atom is 0.174 e. The summed E-state index contributed by atoms with van der Waals surface area (Å²) < 4.78 is 10.3. The van der Waals surface area contributed by atoms with E-state index in [-0.39, 0.29) is 0 Å². The molecule has 2 aromatic rings. The van der Waals surface area contributed by atoms with E-state index in [2.05, 4.69) is 9.36 Å². The van der Waals surface area contributed by atoms with Crippen LogP contribution < -0.4 is 10.5 Å². The third-order valence-electron chi connectivity index (χ3n) is 2.18. The summed E-state index contributed by atoms with van der Waals surface area (Å²) in [6.45, 7) is 2.04. The lowest BCUT2D eigenvalue weighted by Gasteiger charge is -2.05. The van der Waals surface area contributed by atoms with Crippen LogP contribution in [-0.4, -0.2) is 16.5 Å². The maximum atomic E-state index is 5.94. The summed E-state index contributed by atoms with van der Waals surface area (Å²) >= 11 is 2.94. The minimum Gasteiger partial charge on any atom is -0.497 e. The highest BCUT2D eigenvalue weighted by Gasteiger charge is 2.07. The van der Waals surface area contributed by atoms with Crippen molar-refractivity contribution in [3.05, 3.63) is 24.0 Å². The number of rotatable bonds is 4. The summed E-state index contributed by atoms with van der Waals surface area (Å²) in [6.07, 6.45) is 0.856. The number of benzene rings is 1. The van der Waals surface area contributed by atoms with E-state index in [0.717, 1.165) is 27.2 Å². The molecule has 0 spiro atoms. The number of ether oxygens (including phenoxy) is 1. The van der Waals surface area contributed by atoms with Crippen molar-refractivity contribution in [2.24, 2.45) is 0 Å². The van der Waals surface area contributed by atoms with Crippen molar-refractivity contribution in [1.29, 1.82) is 0 Å². The molecule has 0 unspecified atom stereocenters.